The highest BCUT2D eigenvalue weighted by atomic mass is 79.9. The minimum Gasteiger partial charge on any atom is -0.330 e. The molecule has 6 heteroatoms. The third-order valence-corrected chi connectivity index (χ3v) is 2.98. The first-order chi connectivity index (χ1) is 8.29. The number of tetrazole rings is 1. The topological polar surface area (TPSA) is 69.6 Å². The predicted octanol–water partition coefficient (Wildman–Crippen LogP) is 1.38. The van der Waals surface area contributed by atoms with Crippen molar-refractivity contribution in [2.24, 2.45) is 5.73 Å². The quantitative estimate of drug-likeness (QED) is 0.905. The Kier molecular flexibility index (Phi) is 4.22. The van der Waals surface area contributed by atoms with Crippen molar-refractivity contribution in [3.63, 3.8) is 0 Å². The summed E-state index contributed by atoms with van der Waals surface area (Å²) in [5.41, 5.74) is 6.67. The fourth-order valence-corrected chi connectivity index (χ4v) is 1.81. The van der Waals surface area contributed by atoms with Crippen molar-refractivity contribution in [3.05, 3.63) is 40.1 Å². The summed E-state index contributed by atoms with van der Waals surface area (Å²) in [5.74, 6) is 0.876. The second-order valence-corrected chi connectivity index (χ2v) is 4.68. The van der Waals surface area contributed by atoms with Crippen LogP contribution in [0.25, 0.3) is 0 Å². The number of aromatic nitrogens is 4. The molecule has 0 fully saturated rings. The van der Waals surface area contributed by atoms with Gasteiger partial charge in [0.15, 0.2) is 5.82 Å². The van der Waals surface area contributed by atoms with Gasteiger partial charge < -0.3 is 5.73 Å². The molecule has 17 heavy (non-hydrogen) atoms. The number of benzene rings is 1. The number of rotatable bonds is 5. The molecule has 0 aliphatic carbocycles. The van der Waals surface area contributed by atoms with E-state index in [1.807, 2.05) is 16.8 Å². The van der Waals surface area contributed by atoms with Gasteiger partial charge in [0.2, 0.25) is 0 Å². The molecule has 2 rings (SSSR count). The van der Waals surface area contributed by atoms with Crippen LogP contribution in [0, 0.1) is 0 Å². The first-order valence-corrected chi connectivity index (χ1v) is 6.28. The maximum absolute atomic E-state index is 5.48. The van der Waals surface area contributed by atoms with E-state index in [4.69, 9.17) is 5.73 Å². The van der Waals surface area contributed by atoms with Crippen molar-refractivity contribution in [2.45, 2.75) is 19.4 Å². The lowest BCUT2D eigenvalue weighted by atomic mass is 10.1. The molecule has 0 radical (unpaired) electrons. The van der Waals surface area contributed by atoms with E-state index in [2.05, 4.69) is 43.6 Å². The molecule has 0 bridgehead atoms. The molecular weight excluding hydrogens is 282 g/mol. The van der Waals surface area contributed by atoms with Crippen LogP contribution < -0.4 is 5.73 Å². The van der Waals surface area contributed by atoms with E-state index in [1.165, 1.54) is 5.56 Å². The number of halogens is 1. The van der Waals surface area contributed by atoms with Gasteiger partial charge in [-0.3, -0.25) is 0 Å². The SMILES string of the molecule is NCCCn1nnnc1Cc1ccc(Br)cc1. The average molecular weight is 296 g/mol. The highest BCUT2D eigenvalue weighted by Crippen LogP contribution is 2.12. The van der Waals surface area contributed by atoms with Crippen molar-refractivity contribution in [3.8, 4) is 0 Å². The number of hydrogen-bond donors (Lipinski definition) is 1. The van der Waals surface area contributed by atoms with E-state index in [1.54, 1.807) is 0 Å². The van der Waals surface area contributed by atoms with Gasteiger partial charge in [-0.25, -0.2) is 4.68 Å². The van der Waals surface area contributed by atoms with Gasteiger partial charge in [0.05, 0.1) is 0 Å². The van der Waals surface area contributed by atoms with E-state index in [-0.39, 0.29) is 0 Å². The first-order valence-electron chi connectivity index (χ1n) is 5.49. The molecule has 90 valence electrons. The minimum absolute atomic E-state index is 0.650. The molecule has 2 aromatic rings. The van der Waals surface area contributed by atoms with Crippen LogP contribution in [0.3, 0.4) is 0 Å². The summed E-state index contributed by atoms with van der Waals surface area (Å²) >= 11 is 3.41. The molecule has 1 heterocycles. The van der Waals surface area contributed by atoms with Gasteiger partial charge >= 0.3 is 0 Å². The highest BCUT2D eigenvalue weighted by Gasteiger charge is 2.06. The molecule has 1 aromatic heterocycles. The Morgan fingerprint density at radius 3 is 2.71 bits per heavy atom. The Morgan fingerprint density at radius 1 is 1.24 bits per heavy atom. The summed E-state index contributed by atoms with van der Waals surface area (Å²) in [7, 11) is 0. The van der Waals surface area contributed by atoms with E-state index >= 15 is 0 Å². The van der Waals surface area contributed by atoms with Gasteiger partial charge in [-0.2, -0.15) is 0 Å². The van der Waals surface area contributed by atoms with Crippen LogP contribution in [-0.4, -0.2) is 26.8 Å². The van der Waals surface area contributed by atoms with Crippen molar-refractivity contribution in [1.29, 1.82) is 0 Å². The molecule has 2 N–H and O–H groups in total. The largest absolute Gasteiger partial charge is 0.330 e. The molecule has 5 nitrogen and oxygen atoms in total. The van der Waals surface area contributed by atoms with E-state index < -0.39 is 0 Å². The molecule has 0 aliphatic rings. The number of nitrogens with two attached hydrogens (primary N) is 1. The van der Waals surface area contributed by atoms with Crippen LogP contribution in [0.5, 0.6) is 0 Å². The maximum Gasteiger partial charge on any atom is 0.155 e. The molecule has 1 aromatic carbocycles. The Labute approximate surface area is 108 Å². The number of hydrogen-bond acceptors (Lipinski definition) is 4. The summed E-state index contributed by atoms with van der Waals surface area (Å²) in [6, 6.07) is 8.16. The summed E-state index contributed by atoms with van der Waals surface area (Å²) in [4.78, 5) is 0. The minimum atomic E-state index is 0.650. The van der Waals surface area contributed by atoms with Crippen LogP contribution in [0.15, 0.2) is 28.7 Å². The number of aryl methyl sites for hydroxylation is 1. The second kappa shape index (κ2) is 5.88. The van der Waals surface area contributed by atoms with Crippen LogP contribution in [-0.2, 0) is 13.0 Å². The Bertz CT molecular complexity index is 465. The monoisotopic (exact) mass is 295 g/mol. The summed E-state index contributed by atoms with van der Waals surface area (Å²) in [5, 5.41) is 11.7. The first kappa shape index (κ1) is 12.2. The Hall–Kier alpha value is -1.27. The smallest absolute Gasteiger partial charge is 0.155 e. The lowest BCUT2D eigenvalue weighted by Gasteiger charge is -2.03. The zero-order valence-corrected chi connectivity index (χ0v) is 11.0. The van der Waals surface area contributed by atoms with E-state index in [0.29, 0.717) is 6.54 Å². The van der Waals surface area contributed by atoms with Crippen molar-refractivity contribution in [2.75, 3.05) is 6.54 Å². The summed E-state index contributed by atoms with van der Waals surface area (Å²) in [6.45, 7) is 1.42. The maximum atomic E-state index is 5.48. The van der Waals surface area contributed by atoms with Gasteiger partial charge in [0.25, 0.3) is 0 Å². The van der Waals surface area contributed by atoms with Gasteiger partial charge in [-0.1, -0.05) is 28.1 Å². The van der Waals surface area contributed by atoms with Crippen molar-refractivity contribution in [1.82, 2.24) is 20.2 Å². The lowest BCUT2D eigenvalue weighted by molar-refractivity contribution is 0.547. The van der Waals surface area contributed by atoms with Crippen molar-refractivity contribution >= 4 is 15.9 Å². The van der Waals surface area contributed by atoms with Gasteiger partial charge in [0.1, 0.15) is 0 Å². The molecule has 0 spiro atoms. The van der Waals surface area contributed by atoms with Crippen LogP contribution in [0.1, 0.15) is 17.8 Å². The fourth-order valence-electron chi connectivity index (χ4n) is 1.55. The lowest BCUT2D eigenvalue weighted by Crippen LogP contribution is -2.10. The van der Waals surface area contributed by atoms with Crippen LogP contribution >= 0.6 is 15.9 Å². The van der Waals surface area contributed by atoms with Gasteiger partial charge in [-0.05, 0) is 41.1 Å². The zero-order valence-electron chi connectivity index (χ0n) is 9.38. The molecular formula is C11H14BrN5. The third kappa shape index (κ3) is 3.34. The summed E-state index contributed by atoms with van der Waals surface area (Å²) in [6.07, 6.45) is 1.63. The Balaban J connectivity index is 2.07. The van der Waals surface area contributed by atoms with E-state index in [0.717, 1.165) is 29.7 Å². The van der Waals surface area contributed by atoms with E-state index in [9.17, 15) is 0 Å². The molecule has 0 saturated heterocycles. The zero-order chi connectivity index (χ0) is 12.1. The van der Waals surface area contributed by atoms with Gasteiger partial charge in [-0.15, -0.1) is 5.10 Å². The van der Waals surface area contributed by atoms with Gasteiger partial charge in [0, 0.05) is 17.4 Å². The Morgan fingerprint density at radius 2 is 2.00 bits per heavy atom. The summed E-state index contributed by atoms with van der Waals surface area (Å²) < 4.78 is 2.89. The predicted molar refractivity (Wildman–Crippen MR) is 68.4 cm³/mol. The van der Waals surface area contributed by atoms with Crippen LogP contribution in [0.2, 0.25) is 0 Å². The number of nitrogens with zero attached hydrogens (tertiary/aromatic N) is 4. The second-order valence-electron chi connectivity index (χ2n) is 3.76. The highest BCUT2D eigenvalue weighted by molar-refractivity contribution is 9.10. The molecule has 0 aliphatic heterocycles. The third-order valence-electron chi connectivity index (χ3n) is 2.46. The molecule has 0 amide bonds. The van der Waals surface area contributed by atoms with Crippen molar-refractivity contribution < 1.29 is 0 Å². The normalized spacial score (nSPS) is 10.7. The molecule has 0 saturated carbocycles. The fraction of sp³-hybridized carbons (Fsp3) is 0.364. The molecule has 0 unspecified atom stereocenters. The standard InChI is InChI=1S/C11H14BrN5/c12-10-4-2-9(3-5-10)8-11-14-15-16-17(11)7-1-6-13/h2-5H,1,6-8,13H2. The average Bonchev–Trinajstić information content (AvgIpc) is 2.77. The van der Waals surface area contributed by atoms with Crippen LogP contribution in [0.4, 0.5) is 0 Å². The molecule has 0 atom stereocenters.